The third-order valence-corrected chi connectivity index (χ3v) is 6.07. The van der Waals surface area contributed by atoms with Gasteiger partial charge >= 0.3 is 0 Å². The SMILES string of the molecule is C=C(c1cc(F)c2nccn2c1)c1cnc(Nc2cccc(N3CCN(C)CC3)c2)nc1C. The first-order valence-electron chi connectivity index (χ1n) is 10.9. The molecule has 0 aliphatic carbocycles. The van der Waals surface area contributed by atoms with Gasteiger partial charge in [0.05, 0.1) is 5.69 Å². The number of imidazole rings is 1. The number of aromatic nitrogens is 4. The number of fused-ring (bicyclic) bond motifs is 1. The summed E-state index contributed by atoms with van der Waals surface area (Å²) in [5.41, 5.74) is 5.26. The minimum Gasteiger partial charge on any atom is -0.369 e. The first-order chi connectivity index (χ1) is 16.0. The van der Waals surface area contributed by atoms with E-state index in [0.717, 1.165) is 43.1 Å². The van der Waals surface area contributed by atoms with Crippen LogP contribution in [0.15, 0.2) is 61.7 Å². The van der Waals surface area contributed by atoms with Gasteiger partial charge in [0, 0.05) is 73.5 Å². The quantitative estimate of drug-likeness (QED) is 0.501. The summed E-state index contributed by atoms with van der Waals surface area (Å²) in [6, 6.07) is 9.75. The number of rotatable bonds is 5. The molecule has 5 rings (SSSR count). The van der Waals surface area contributed by atoms with Crippen LogP contribution in [-0.4, -0.2) is 57.5 Å². The summed E-state index contributed by atoms with van der Waals surface area (Å²) in [5.74, 6) is 0.117. The van der Waals surface area contributed by atoms with Gasteiger partial charge in [-0.3, -0.25) is 0 Å². The third-order valence-electron chi connectivity index (χ3n) is 6.07. The number of benzene rings is 1. The number of nitrogens with zero attached hydrogens (tertiary/aromatic N) is 6. The fourth-order valence-corrected chi connectivity index (χ4v) is 4.11. The van der Waals surface area contributed by atoms with E-state index in [9.17, 15) is 4.39 Å². The van der Waals surface area contributed by atoms with Gasteiger partial charge in [-0.15, -0.1) is 0 Å². The largest absolute Gasteiger partial charge is 0.369 e. The lowest BCUT2D eigenvalue weighted by Crippen LogP contribution is -2.44. The topological polar surface area (TPSA) is 61.6 Å². The van der Waals surface area contributed by atoms with Crippen LogP contribution in [0.4, 0.5) is 21.7 Å². The number of pyridine rings is 1. The van der Waals surface area contributed by atoms with E-state index in [2.05, 4.69) is 55.8 Å². The zero-order valence-electron chi connectivity index (χ0n) is 18.8. The summed E-state index contributed by atoms with van der Waals surface area (Å²) in [6.07, 6.45) is 6.82. The molecule has 3 aromatic heterocycles. The zero-order chi connectivity index (χ0) is 22.9. The van der Waals surface area contributed by atoms with Crippen LogP contribution in [0.25, 0.3) is 11.2 Å². The molecule has 1 aliphatic heterocycles. The van der Waals surface area contributed by atoms with Crippen molar-refractivity contribution in [2.24, 2.45) is 0 Å². The molecule has 0 amide bonds. The molecule has 1 saturated heterocycles. The predicted molar refractivity (Wildman–Crippen MR) is 129 cm³/mol. The van der Waals surface area contributed by atoms with Gasteiger partial charge < -0.3 is 19.5 Å². The van der Waals surface area contributed by atoms with E-state index in [0.29, 0.717) is 17.1 Å². The number of halogens is 1. The Balaban J connectivity index is 1.35. The number of likely N-dealkylation sites (N-methyl/N-ethyl adjacent to an activating group) is 1. The van der Waals surface area contributed by atoms with E-state index in [1.165, 1.54) is 11.8 Å². The summed E-state index contributed by atoms with van der Waals surface area (Å²) >= 11 is 0. The molecule has 0 unspecified atom stereocenters. The van der Waals surface area contributed by atoms with E-state index in [1.54, 1.807) is 23.0 Å². The highest BCUT2D eigenvalue weighted by molar-refractivity contribution is 5.79. The standard InChI is InChI=1S/C25H26FN7/c1-17(19-13-23(26)24-27-7-8-33(24)16-19)22-15-28-25(29-18(22)2)30-20-5-4-6-21(14-20)32-11-9-31(3)10-12-32/h4-8,13-16H,1,9-12H2,2-3H3,(H,28,29,30). The van der Waals surface area contributed by atoms with Crippen molar-refractivity contribution < 1.29 is 4.39 Å². The highest BCUT2D eigenvalue weighted by atomic mass is 19.1. The van der Waals surface area contributed by atoms with Gasteiger partial charge in [0.2, 0.25) is 5.95 Å². The molecule has 8 heteroatoms. The van der Waals surface area contributed by atoms with Crippen molar-refractivity contribution in [1.82, 2.24) is 24.3 Å². The summed E-state index contributed by atoms with van der Waals surface area (Å²) < 4.78 is 16.0. The number of piperazine rings is 1. The average Bonchev–Trinajstić information content (AvgIpc) is 3.29. The van der Waals surface area contributed by atoms with E-state index < -0.39 is 5.82 Å². The lowest BCUT2D eigenvalue weighted by molar-refractivity contribution is 0.313. The Morgan fingerprint density at radius 2 is 1.94 bits per heavy atom. The number of hydrogen-bond donors (Lipinski definition) is 1. The van der Waals surface area contributed by atoms with Crippen molar-refractivity contribution in [2.75, 3.05) is 43.4 Å². The van der Waals surface area contributed by atoms with E-state index in [1.807, 2.05) is 25.3 Å². The van der Waals surface area contributed by atoms with Crippen LogP contribution >= 0.6 is 0 Å². The molecule has 4 aromatic rings. The van der Waals surface area contributed by atoms with Crippen LogP contribution in [0.3, 0.4) is 0 Å². The zero-order valence-corrected chi connectivity index (χ0v) is 18.8. The van der Waals surface area contributed by atoms with Gasteiger partial charge in [0.1, 0.15) is 0 Å². The molecule has 0 atom stereocenters. The van der Waals surface area contributed by atoms with Gasteiger partial charge in [0.25, 0.3) is 0 Å². The van der Waals surface area contributed by atoms with E-state index in [4.69, 9.17) is 0 Å². The Kier molecular flexibility index (Phi) is 5.51. The second-order valence-electron chi connectivity index (χ2n) is 8.37. The minimum absolute atomic E-state index is 0.290. The normalized spacial score (nSPS) is 14.6. The molecule has 0 spiro atoms. The maximum atomic E-state index is 14.4. The van der Waals surface area contributed by atoms with Crippen molar-refractivity contribution in [2.45, 2.75) is 6.92 Å². The second kappa shape index (κ2) is 8.63. The van der Waals surface area contributed by atoms with Crippen molar-refractivity contribution in [3.8, 4) is 0 Å². The molecule has 4 heterocycles. The summed E-state index contributed by atoms with van der Waals surface area (Å²) in [5, 5.41) is 3.31. The van der Waals surface area contributed by atoms with Crippen LogP contribution in [-0.2, 0) is 0 Å². The van der Waals surface area contributed by atoms with E-state index in [-0.39, 0.29) is 5.65 Å². The van der Waals surface area contributed by atoms with Crippen molar-refractivity contribution in [3.05, 3.63) is 84.3 Å². The van der Waals surface area contributed by atoms with Crippen molar-refractivity contribution in [3.63, 3.8) is 0 Å². The predicted octanol–water partition coefficient (Wildman–Crippen LogP) is 4.13. The van der Waals surface area contributed by atoms with Crippen LogP contribution in [0.5, 0.6) is 0 Å². The second-order valence-corrected chi connectivity index (χ2v) is 8.37. The average molecular weight is 444 g/mol. The summed E-state index contributed by atoms with van der Waals surface area (Å²) in [6.45, 7) is 10.2. The third kappa shape index (κ3) is 4.29. The molecular weight excluding hydrogens is 417 g/mol. The molecule has 1 fully saturated rings. The summed E-state index contributed by atoms with van der Waals surface area (Å²) in [7, 11) is 2.15. The van der Waals surface area contributed by atoms with Crippen LogP contribution in [0, 0.1) is 12.7 Å². The van der Waals surface area contributed by atoms with Gasteiger partial charge in [-0.25, -0.2) is 19.3 Å². The molecule has 1 N–H and O–H groups in total. The maximum absolute atomic E-state index is 14.4. The number of hydrogen-bond acceptors (Lipinski definition) is 6. The molecular formula is C25H26FN7. The van der Waals surface area contributed by atoms with Gasteiger partial charge in [0.15, 0.2) is 11.5 Å². The lowest BCUT2D eigenvalue weighted by atomic mass is 10.0. The molecule has 7 nitrogen and oxygen atoms in total. The lowest BCUT2D eigenvalue weighted by Gasteiger charge is -2.34. The molecule has 1 aromatic carbocycles. The van der Waals surface area contributed by atoms with Gasteiger partial charge in [-0.2, -0.15) is 0 Å². The molecule has 0 saturated carbocycles. The van der Waals surface area contributed by atoms with Crippen LogP contribution in [0.1, 0.15) is 16.8 Å². The van der Waals surface area contributed by atoms with Gasteiger partial charge in [-0.05, 0) is 43.8 Å². The fraction of sp³-hybridized carbons (Fsp3) is 0.240. The smallest absolute Gasteiger partial charge is 0.227 e. The minimum atomic E-state index is -0.393. The Morgan fingerprint density at radius 1 is 1.12 bits per heavy atom. The number of anilines is 3. The Labute approximate surface area is 192 Å². The van der Waals surface area contributed by atoms with Crippen LogP contribution in [0.2, 0.25) is 0 Å². The first-order valence-corrected chi connectivity index (χ1v) is 10.9. The summed E-state index contributed by atoms with van der Waals surface area (Å²) in [4.78, 5) is 17.9. The Hall–Kier alpha value is -3.78. The molecule has 0 bridgehead atoms. The number of aryl methyl sites for hydroxylation is 1. The Bertz CT molecular complexity index is 1320. The maximum Gasteiger partial charge on any atom is 0.227 e. The first kappa shape index (κ1) is 21.1. The fourth-order valence-electron chi connectivity index (χ4n) is 4.11. The monoisotopic (exact) mass is 443 g/mol. The molecule has 168 valence electrons. The van der Waals surface area contributed by atoms with Gasteiger partial charge in [-0.1, -0.05) is 12.6 Å². The van der Waals surface area contributed by atoms with Crippen molar-refractivity contribution in [1.29, 1.82) is 0 Å². The molecule has 33 heavy (non-hydrogen) atoms. The van der Waals surface area contributed by atoms with Crippen LogP contribution < -0.4 is 10.2 Å². The highest BCUT2D eigenvalue weighted by Gasteiger charge is 2.15. The van der Waals surface area contributed by atoms with E-state index >= 15 is 0 Å². The molecule has 1 aliphatic rings. The molecule has 0 radical (unpaired) electrons. The highest BCUT2D eigenvalue weighted by Crippen LogP contribution is 2.27. The number of nitrogens with one attached hydrogen (secondary N) is 1. The Morgan fingerprint density at radius 3 is 2.73 bits per heavy atom. The van der Waals surface area contributed by atoms with Crippen molar-refractivity contribution >= 4 is 28.5 Å².